The molecule has 1 unspecified atom stereocenters. The smallest absolute Gasteiger partial charge is 0.107 e. The molecule has 0 aliphatic carbocycles. The van der Waals surface area contributed by atoms with E-state index >= 15 is 0 Å². The first-order valence-electron chi connectivity index (χ1n) is 7.48. The normalized spacial score (nSPS) is 23.9. The van der Waals surface area contributed by atoms with E-state index in [9.17, 15) is 0 Å². The van der Waals surface area contributed by atoms with Crippen LogP contribution in [0.2, 0.25) is 0 Å². The van der Waals surface area contributed by atoms with Crippen LogP contribution >= 0.6 is 11.3 Å². The average molecular weight is 281 g/mol. The summed E-state index contributed by atoms with van der Waals surface area (Å²) >= 11 is 1.77. The zero-order valence-electron chi connectivity index (χ0n) is 12.6. The van der Waals surface area contributed by atoms with Crippen molar-refractivity contribution < 1.29 is 0 Å². The highest BCUT2D eigenvalue weighted by molar-refractivity contribution is 7.09. The molecule has 0 radical (unpaired) electrons. The van der Waals surface area contributed by atoms with E-state index in [1.807, 2.05) is 6.20 Å². The van der Waals surface area contributed by atoms with Gasteiger partial charge in [0.1, 0.15) is 5.01 Å². The van der Waals surface area contributed by atoms with Crippen LogP contribution in [0.1, 0.15) is 45.5 Å². The quantitative estimate of drug-likeness (QED) is 0.899. The molecule has 0 amide bonds. The van der Waals surface area contributed by atoms with Gasteiger partial charge in [0.2, 0.25) is 0 Å². The SMILES string of the molecule is CCC1(CC)CNC(C(C)C)CN1Cc1nccs1. The molecule has 1 N–H and O–H groups in total. The molecule has 1 aliphatic rings. The Morgan fingerprint density at radius 2 is 2.21 bits per heavy atom. The average Bonchev–Trinajstić information content (AvgIpc) is 2.92. The van der Waals surface area contributed by atoms with Crippen molar-refractivity contribution in [3.05, 3.63) is 16.6 Å². The van der Waals surface area contributed by atoms with E-state index in [4.69, 9.17) is 0 Å². The Kier molecular flexibility index (Phi) is 4.98. The molecule has 3 nitrogen and oxygen atoms in total. The Morgan fingerprint density at radius 3 is 2.74 bits per heavy atom. The Bertz CT molecular complexity index is 371. The van der Waals surface area contributed by atoms with Gasteiger partial charge in [0, 0.05) is 36.2 Å². The molecule has 108 valence electrons. The minimum absolute atomic E-state index is 0.303. The van der Waals surface area contributed by atoms with Gasteiger partial charge in [0.05, 0.1) is 6.54 Å². The van der Waals surface area contributed by atoms with Crippen LogP contribution in [0.3, 0.4) is 0 Å². The maximum Gasteiger partial charge on any atom is 0.107 e. The highest BCUT2D eigenvalue weighted by Gasteiger charge is 2.39. The number of nitrogens with one attached hydrogen (secondary N) is 1. The summed E-state index contributed by atoms with van der Waals surface area (Å²) in [5.74, 6) is 0.686. The van der Waals surface area contributed by atoms with Crippen LogP contribution in [-0.4, -0.2) is 34.6 Å². The predicted octanol–water partition coefficient (Wildman–Crippen LogP) is 3.13. The first kappa shape index (κ1) is 14.9. The highest BCUT2D eigenvalue weighted by Crippen LogP contribution is 2.30. The Labute approximate surface area is 121 Å². The van der Waals surface area contributed by atoms with Gasteiger partial charge < -0.3 is 5.32 Å². The van der Waals surface area contributed by atoms with Crippen LogP contribution in [0.25, 0.3) is 0 Å². The molecule has 1 aliphatic heterocycles. The van der Waals surface area contributed by atoms with E-state index in [2.05, 4.69) is 48.3 Å². The second-order valence-electron chi connectivity index (χ2n) is 5.97. The standard InChI is InChI=1S/C15H27N3S/c1-5-15(6-2)11-17-13(12(3)4)9-18(15)10-14-16-7-8-19-14/h7-8,12-13,17H,5-6,9-11H2,1-4H3. The molecule has 2 rings (SSSR count). The van der Waals surface area contributed by atoms with Gasteiger partial charge in [-0.2, -0.15) is 0 Å². The number of nitrogens with zero attached hydrogens (tertiary/aromatic N) is 2. The molecule has 0 aromatic carbocycles. The molecule has 1 saturated heterocycles. The third-order valence-corrected chi connectivity index (χ3v) is 5.48. The lowest BCUT2D eigenvalue weighted by molar-refractivity contribution is 0.0155. The van der Waals surface area contributed by atoms with Crippen molar-refractivity contribution in [1.82, 2.24) is 15.2 Å². The fourth-order valence-electron chi connectivity index (χ4n) is 3.05. The highest BCUT2D eigenvalue weighted by atomic mass is 32.1. The van der Waals surface area contributed by atoms with Crippen LogP contribution in [0.5, 0.6) is 0 Å². The molecule has 4 heteroatoms. The maximum absolute atomic E-state index is 4.47. The van der Waals surface area contributed by atoms with Crippen molar-refractivity contribution in [1.29, 1.82) is 0 Å². The van der Waals surface area contributed by atoms with Gasteiger partial charge >= 0.3 is 0 Å². The fraction of sp³-hybridized carbons (Fsp3) is 0.800. The first-order valence-corrected chi connectivity index (χ1v) is 8.36. The van der Waals surface area contributed by atoms with Gasteiger partial charge in [-0.1, -0.05) is 27.7 Å². The minimum atomic E-state index is 0.303. The van der Waals surface area contributed by atoms with Crippen molar-refractivity contribution in [2.75, 3.05) is 13.1 Å². The van der Waals surface area contributed by atoms with Crippen LogP contribution in [0.15, 0.2) is 11.6 Å². The minimum Gasteiger partial charge on any atom is -0.311 e. The van der Waals surface area contributed by atoms with E-state index in [0.29, 0.717) is 17.5 Å². The predicted molar refractivity (Wildman–Crippen MR) is 82.5 cm³/mol. The molecule has 0 saturated carbocycles. The number of piperazine rings is 1. The zero-order chi connectivity index (χ0) is 13.9. The van der Waals surface area contributed by atoms with Crippen molar-refractivity contribution >= 4 is 11.3 Å². The number of hydrogen-bond acceptors (Lipinski definition) is 4. The van der Waals surface area contributed by atoms with Crippen molar-refractivity contribution in [2.45, 2.75) is 58.7 Å². The second-order valence-corrected chi connectivity index (χ2v) is 6.95. The summed E-state index contributed by atoms with van der Waals surface area (Å²) in [6, 6.07) is 0.603. The molecule has 1 aromatic heterocycles. The van der Waals surface area contributed by atoms with Gasteiger partial charge in [-0.05, 0) is 18.8 Å². The van der Waals surface area contributed by atoms with E-state index < -0.39 is 0 Å². The molecule has 1 atom stereocenters. The largest absolute Gasteiger partial charge is 0.311 e. The Balaban J connectivity index is 2.15. The van der Waals surface area contributed by atoms with Crippen molar-refractivity contribution in [2.24, 2.45) is 5.92 Å². The van der Waals surface area contributed by atoms with Gasteiger partial charge in [0.15, 0.2) is 0 Å². The lowest BCUT2D eigenvalue weighted by Crippen LogP contribution is -2.64. The summed E-state index contributed by atoms with van der Waals surface area (Å²) in [5.41, 5.74) is 0.303. The monoisotopic (exact) mass is 281 g/mol. The number of rotatable bonds is 5. The topological polar surface area (TPSA) is 28.2 Å². The van der Waals surface area contributed by atoms with Crippen LogP contribution in [0.4, 0.5) is 0 Å². The summed E-state index contributed by atoms with van der Waals surface area (Å²) in [7, 11) is 0. The first-order chi connectivity index (χ1) is 9.11. The third kappa shape index (κ3) is 3.18. The Morgan fingerprint density at radius 1 is 1.47 bits per heavy atom. The lowest BCUT2D eigenvalue weighted by atomic mass is 9.85. The Hall–Kier alpha value is -0.450. The molecule has 1 fully saturated rings. The van der Waals surface area contributed by atoms with E-state index in [1.165, 1.54) is 17.8 Å². The lowest BCUT2D eigenvalue weighted by Gasteiger charge is -2.50. The second kappa shape index (κ2) is 6.33. The maximum atomic E-state index is 4.47. The molecule has 19 heavy (non-hydrogen) atoms. The van der Waals surface area contributed by atoms with Crippen molar-refractivity contribution in [3.8, 4) is 0 Å². The third-order valence-electron chi connectivity index (χ3n) is 4.71. The van der Waals surface area contributed by atoms with Gasteiger partial charge in [-0.3, -0.25) is 4.90 Å². The number of aromatic nitrogens is 1. The van der Waals surface area contributed by atoms with E-state index in [1.54, 1.807) is 11.3 Å². The van der Waals surface area contributed by atoms with Crippen LogP contribution in [-0.2, 0) is 6.54 Å². The summed E-state index contributed by atoms with van der Waals surface area (Å²) < 4.78 is 0. The summed E-state index contributed by atoms with van der Waals surface area (Å²) in [4.78, 5) is 7.14. The summed E-state index contributed by atoms with van der Waals surface area (Å²) in [6.45, 7) is 12.5. The van der Waals surface area contributed by atoms with Crippen molar-refractivity contribution in [3.63, 3.8) is 0 Å². The van der Waals surface area contributed by atoms with Gasteiger partial charge in [-0.15, -0.1) is 11.3 Å². The summed E-state index contributed by atoms with van der Waals surface area (Å²) in [5, 5.41) is 7.09. The molecule has 0 bridgehead atoms. The van der Waals surface area contributed by atoms with Gasteiger partial charge in [0.25, 0.3) is 0 Å². The molecular formula is C15H27N3S. The zero-order valence-corrected chi connectivity index (χ0v) is 13.5. The molecule has 2 heterocycles. The van der Waals surface area contributed by atoms with E-state index in [-0.39, 0.29) is 0 Å². The van der Waals surface area contributed by atoms with Crippen LogP contribution in [0, 0.1) is 5.92 Å². The summed E-state index contributed by atoms with van der Waals surface area (Å²) in [6.07, 6.45) is 4.32. The number of thiazole rings is 1. The molecular weight excluding hydrogens is 254 g/mol. The molecule has 1 aromatic rings. The van der Waals surface area contributed by atoms with E-state index in [0.717, 1.165) is 19.6 Å². The van der Waals surface area contributed by atoms with Gasteiger partial charge in [-0.25, -0.2) is 4.98 Å². The van der Waals surface area contributed by atoms with Crippen LogP contribution < -0.4 is 5.32 Å². The molecule has 0 spiro atoms. The number of hydrogen-bond donors (Lipinski definition) is 1. The fourth-order valence-corrected chi connectivity index (χ4v) is 3.68.